The van der Waals surface area contributed by atoms with Crippen LogP contribution in [0.1, 0.15) is 108 Å². The average molecular weight is 601 g/mol. The predicted octanol–water partition coefficient (Wildman–Crippen LogP) is 11.3. The molecule has 0 saturated heterocycles. The molecule has 0 aliphatic rings. The zero-order valence-corrected chi connectivity index (χ0v) is 25.8. The van der Waals surface area contributed by atoms with Crippen LogP contribution in [-0.2, 0) is 22.4 Å². The minimum atomic E-state index is -4.78. The van der Waals surface area contributed by atoms with Crippen molar-refractivity contribution in [1.29, 1.82) is 0 Å². The van der Waals surface area contributed by atoms with E-state index in [4.69, 9.17) is 9.15 Å². The van der Waals surface area contributed by atoms with Gasteiger partial charge in [0.15, 0.2) is 0 Å². The van der Waals surface area contributed by atoms with E-state index in [1.807, 2.05) is 18.2 Å². The largest absolute Gasteiger partial charge is 0.573 e. The topological polar surface area (TPSA) is 48.7 Å². The molecule has 0 aliphatic heterocycles. The molecule has 0 radical (unpaired) electrons. The van der Waals surface area contributed by atoms with Crippen molar-refractivity contribution in [2.45, 2.75) is 117 Å². The third-order valence-corrected chi connectivity index (χ3v) is 7.63. The first-order chi connectivity index (χ1) is 20.7. The number of furan rings is 1. The maximum absolute atomic E-state index is 13.2. The number of esters is 1. The SMILES string of the molecule is C=C(C)C(=O)OCCCCCCCCCCCCc1ccc2cc(-c3ccc(CCCCC)cc3OC(F)(F)F)oc2c1. The molecule has 0 bridgehead atoms. The van der Waals surface area contributed by atoms with Gasteiger partial charge >= 0.3 is 12.3 Å². The summed E-state index contributed by atoms with van der Waals surface area (Å²) in [5, 5.41) is 0.858. The number of alkyl halides is 3. The third kappa shape index (κ3) is 12.5. The van der Waals surface area contributed by atoms with E-state index in [-0.39, 0.29) is 11.7 Å². The van der Waals surface area contributed by atoms with Crippen molar-refractivity contribution in [1.82, 2.24) is 0 Å². The number of fused-ring (bicyclic) bond motifs is 1. The lowest BCUT2D eigenvalue weighted by molar-refractivity contribution is -0.274. The fourth-order valence-electron chi connectivity index (χ4n) is 5.21. The Hall–Kier alpha value is -3.22. The van der Waals surface area contributed by atoms with Crippen LogP contribution in [0.3, 0.4) is 0 Å². The van der Waals surface area contributed by atoms with Gasteiger partial charge in [-0.3, -0.25) is 0 Å². The lowest BCUT2D eigenvalue weighted by Crippen LogP contribution is -2.17. The number of carbonyl (C=O) groups excluding carboxylic acids is 1. The van der Waals surface area contributed by atoms with Gasteiger partial charge in [-0.25, -0.2) is 4.79 Å². The number of hydrogen-bond acceptors (Lipinski definition) is 4. The van der Waals surface area contributed by atoms with E-state index in [9.17, 15) is 18.0 Å². The molecule has 0 amide bonds. The van der Waals surface area contributed by atoms with Crippen LogP contribution in [0.4, 0.5) is 13.2 Å². The highest BCUT2D eigenvalue weighted by atomic mass is 19.4. The van der Waals surface area contributed by atoms with Gasteiger partial charge in [-0.05, 0) is 74.4 Å². The molecule has 0 spiro atoms. The van der Waals surface area contributed by atoms with Gasteiger partial charge in [-0.15, -0.1) is 13.2 Å². The molecule has 0 atom stereocenters. The first-order valence-electron chi connectivity index (χ1n) is 15.9. The van der Waals surface area contributed by atoms with Crippen molar-refractivity contribution in [3.63, 3.8) is 0 Å². The van der Waals surface area contributed by atoms with Crippen LogP contribution in [-0.4, -0.2) is 18.9 Å². The highest BCUT2D eigenvalue weighted by Crippen LogP contribution is 2.38. The molecule has 1 heterocycles. The normalized spacial score (nSPS) is 11.7. The Labute approximate surface area is 254 Å². The number of ether oxygens (including phenoxy) is 2. The number of rotatable bonds is 20. The lowest BCUT2D eigenvalue weighted by Gasteiger charge is -2.13. The Morgan fingerprint density at radius 3 is 2.00 bits per heavy atom. The van der Waals surface area contributed by atoms with Gasteiger partial charge in [0, 0.05) is 11.0 Å². The van der Waals surface area contributed by atoms with Crippen LogP contribution in [0, 0.1) is 0 Å². The van der Waals surface area contributed by atoms with Gasteiger partial charge in [-0.1, -0.05) is 95.9 Å². The number of carbonyl (C=O) groups is 1. The monoisotopic (exact) mass is 600 g/mol. The Kier molecular flexibility index (Phi) is 14.2. The van der Waals surface area contributed by atoms with Crippen LogP contribution in [0.25, 0.3) is 22.3 Å². The summed E-state index contributed by atoms with van der Waals surface area (Å²) in [4.78, 5) is 11.3. The van der Waals surface area contributed by atoms with Gasteiger partial charge in [0.25, 0.3) is 0 Å². The summed E-state index contributed by atoms with van der Waals surface area (Å²) in [7, 11) is 0. The highest BCUT2D eigenvalue weighted by molar-refractivity contribution is 5.87. The standard InChI is InChI=1S/C36H47F3O4/c1-4-5-14-17-29-20-22-31(34(25-29)43-36(37,38)39)33-26-30-21-19-28(24-32(30)42-33)18-15-12-10-8-6-7-9-11-13-16-23-41-35(40)27(2)3/h19-22,24-26H,2,4-18,23H2,1,3H3. The summed E-state index contributed by atoms with van der Waals surface area (Å²) >= 11 is 0. The number of unbranched alkanes of at least 4 members (excludes halogenated alkanes) is 11. The fraction of sp³-hybridized carbons (Fsp3) is 0.528. The van der Waals surface area contributed by atoms with Crippen molar-refractivity contribution in [2.24, 2.45) is 0 Å². The molecule has 2 aromatic carbocycles. The van der Waals surface area contributed by atoms with Crippen LogP contribution in [0.2, 0.25) is 0 Å². The van der Waals surface area contributed by atoms with Crippen LogP contribution >= 0.6 is 0 Å². The Morgan fingerprint density at radius 1 is 0.791 bits per heavy atom. The van der Waals surface area contributed by atoms with E-state index in [2.05, 4.69) is 24.3 Å². The molecule has 0 fully saturated rings. The zero-order chi connectivity index (χ0) is 31.1. The molecule has 4 nitrogen and oxygen atoms in total. The number of aryl methyl sites for hydroxylation is 2. The fourth-order valence-corrected chi connectivity index (χ4v) is 5.21. The highest BCUT2D eigenvalue weighted by Gasteiger charge is 2.33. The van der Waals surface area contributed by atoms with Crippen molar-refractivity contribution in [2.75, 3.05) is 6.61 Å². The molecule has 7 heteroatoms. The molecule has 3 aromatic rings. The Bertz CT molecular complexity index is 1290. The second kappa shape index (κ2) is 17.8. The quantitative estimate of drug-likeness (QED) is 0.0735. The van der Waals surface area contributed by atoms with Crippen molar-refractivity contribution in [3.05, 3.63) is 65.7 Å². The van der Waals surface area contributed by atoms with Gasteiger partial charge < -0.3 is 13.9 Å². The molecule has 1 aromatic heterocycles. The van der Waals surface area contributed by atoms with Crippen molar-refractivity contribution < 1.29 is 31.9 Å². The van der Waals surface area contributed by atoms with Crippen LogP contribution in [0.5, 0.6) is 5.75 Å². The Morgan fingerprint density at radius 2 is 1.37 bits per heavy atom. The minimum Gasteiger partial charge on any atom is -0.462 e. The molecular formula is C36H47F3O4. The maximum Gasteiger partial charge on any atom is 0.573 e. The summed E-state index contributed by atoms with van der Waals surface area (Å²) < 4.78 is 55.2. The van der Waals surface area contributed by atoms with E-state index < -0.39 is 6.36 Å². The lowest BCUT2D eigenvalue weighted by atomic mass is 10.0. The zero-order valence-electron chi connectivity index (χ0n) is 25.8. The number of halogens is 3. The summed E-state index contributed by atoms with van der Waals surface area (Å²) in [6.45, 7) is 7.81. The van der Waals surface area contributed by atoms with Crippen molar-refractivity contribution >= 4 is 16.9 Å². The summed E-state index contributed by atoms with van der Waals surface area (Å²) in [5.41, 5.74) is 3.41. The minimum absolute atomic E-state index is 0.220. The molecule has 3 rings (SSSR count). The Balaban J connectivity index is 1.41. The molecule has 0 unspecified atom stereocenters. The van der Waals surface area contributed by atoms with Crippen molar-refractivity contribution in [3.8, 4) is 17.1 Å². The molecule has 0 saturated carbocycles. The summed E-state index contributed by atoms with van der Waals surface area (Å²) in [6, 6.07) is 12.9. The van der Waals surface area contributed by atoms with Gasteiger partial charge in [0.2, 0.25) is 0 Å². The third-order valence-electron chi connectivity index (χ3n) is 7.63. The maximum atomic E-state index is 13.2. The second-order valence-electron chi connectivity index (χ2n) is 11.5. The molecule has 0 N–H and O–H groups in total. The summed E-state index contributed by atoms with van der Waals surface area (Å²) in [5.74, 6) is -0.151. The average Bonchev–Trinajstić information content (AvgIpc) is 3.38. The van der Waals surface area contributed by atoms with E-state index in [1.54, 1.807) is 19.1 Å². The van der Waals surface area contributed by atoms with E-state index >= 15 is 0 Å². The number of benzene rings is 2. The van der Waals surface area contributed by atoms with E-state index in [0.29, 0.717) is 35.5 Å². The van der Waals surface area contributed by atoms with Crippen LogP contribution in [0.15, 0.2) is 59.0 Å². The second-order valence-corrected chi connectivity index (χ2v) is 11.5. The molecule has 0 aliphatic carbocycles. The smallest absolute Gasteiger partial charge is 0.462 e. The molecule has 43 heavy (non-hydrogen) atoms. The van der Waals surface area contributed by atoms with Gasteiger partial charge in [0.1, 0.15) is 17.1 Å². The molecule has 236 valence electrons. The number of hydrogen-bond donors (Lipinski definition) is 0. The predicted molar refractivity (Wildman–Crippen MR) is 167 cm³/mol. The molecular weight excluding hydrogens is 553 g/mol. The first-order valence-corrected chi connectivity index (χ1v) is 15.9. The summed E-state index contributed by atoms with van der Waals surface area (Å²) in [6.07, 6.45) is 11.4. The van der Waals surface area contributed by atoms with Gasteiger partial charge in [0.05, 0.1) is 12.2 Å². The van der Waals surface area contributed by atoms with E-state index in [0.717, 1.165) is 62.3 Å². The van der Waals surface area contributed by atoms with Crippen LogP contribution < -0.4 is 4.74 Å². The first kappa shape index (κ1) is 34.3. The van der Waals surface area contributed by atoms with Gasteiger partial charge in [-0.2, -0.15) is 0 Å². The van der Waals surface area contributed by atoms with E-state index in [1.165, 1.54) is 50.2 Å².